The van der Waals surface area contributed by atoms with Crippen LogP contribution in [0.4, 0.5) is 0 Å². The molecule has 2 amide bonds. The number of likely N-dealkylation sites (tertiary alicyclic amines) is 1. The van der Waals surface area contributed by atoms with E-state index in [1.165, 1.54) is 0 Å². The molecule has 5 heteroatoms. The molecule has 1 unspecified atom stereocenters. The first kappa shape index (κ1) is 17.3. The molecule has 22 heavy (non-hydrogen) atoms. The number of nitrogens with zero attached hydrogens (tertiary/aromatic N) is 2. The molecule has 2 aliphatic heterocycles. The van der Waals surface area contributed by atoms with Crippen molar-refractivity contribution in [2.24, 2.45) is 11.8 Å². The van der Waals surface area contributed by atoms with Gasteiger partial charge in [-0.1, -0.05) is 13.8 Å². The summed E-state index contributed by atoms with van der Waals surface area (Å²) >= 11 is 0. The van der Waals surface area contributed by atoms with E-state index in [-0.39, 0.29) is 23.8 Å². The average molecular weight is 309 g/mol. The summed E-state index contributed by atoms with van der Waals surface area (Å²) in [7, 11) is 0. The molecule has 0 aromatic heterocycles. The molecule has 2 fully saturated rings. The number of nitrogens with one attached hydrogen (secondary N) is 1. The molecule has 0 spiro atoms. The normalized spacial score (nSPS) is 24.9. The number of carbonyl (C=O) groups is 2. The Morgan fingerprint density at radius 2 is 1.82 bits per heavy atom. The molecule has 2 rings (SSSR count). The van der Waals surface area contributed by atoms with Gasteiger partial charge < -0.3 is 15.1 Å². The van der Waals surface area contributed by atoms with Gasteiger partial charge in [0.2, 0.25) is 11.8 Å². The molecule has 1 N–H and O–H groups in total. The highest BCUT2D eigenvalue weighted by molar-refractivity contribution is 5.89. The Balaban J connectivity index is 1.99. The molecule has 1 atom stereocenters. The van der Waals surface area contributed by atoms with Gasteiger partial charge in [0.05, 0.1) is 0 Å². The Morgan fingerprint density at radius 3 is 2.36 bits per heavy atom. The first-order chi connectivity index (χ1) is 10.4. The minimum atomic E-state index is -0.274. The van der Waals surface area contributed by atoms with Crippen molar-refractivity contribution in [2.45, 2.75) is 59.0 Å². The van der Waals surface area contributed by atoms with Crippen LogP contribution in [0.3, 0.4) is 0 Å². The quantitative estimate of drug-likeness (QED) is 0.856. The molecule has 0 bridgehead atoms. The Hall–Kier alpha value is -1.10. The van der Waals surface area contributed by atoms with Gasteiger partial charge in [0.25, 0.3) is 0 Å². The van der Waals surface area contributed by atoms with Crippen LogP contribution in [0, 0.1) is 11.8 Å². The topological polar surface area (TPSA) is 52.7 Å². The molecular weight excluding hydrogens is 278 g/mol. The van der Waals surface area contributed by atoms with Crippen molar-refractivity contribution in [3.05, 3.63) is 0 Å². The Labute approximate surface area is 134 Å². The summed E-state index contributed by atoms with van der Waals surface area (Å²) in [6, 6.07) is 0.273. The average Bonchev–Trinajstić information content (AvgIpc) is 2.48. The van der Waals surface area contributed by atoms with Crippen LogP contribution in [0.25, 0.3) is 0 Å². The second kappa shape index (κ2) is 7.44. The summed E-state index contributed by atoms with van der Waals surface area (Å²) < 4.78 is 0. The van der Waals surface area contributed by atoms with Crippen LogP contribution in [0.15, 0.2) is 0 Å². The van der Waals surface area contributed by atoms with Gasteiger partial charge in [0.1, 0.15) is 6.04 Å². The van der Waals surface area contributed by atoms with Crippen LogP contribution >= 0.6 is 0 Å². The number of amides is 2. The number of hydrogen-bond donors (Lipinski definition) is 1. The zero-order chi connectivity index (χ0) is 16.3. The van der Waals surface area contributed by atoms with Crippen LogP contribution in [-0.4, -0.2) is 59.9 Å². The molecule has 5 nitrogen and oxygen atoms in total. The molecule has 0 saturated carbocycles. The SMILES string of the molecule is CC(C)CC1C(=O)NCCN1C(=O)C1CCN(C(C)C)CC1. The van der Waals surface area contributed by atoms with E-state index in [0.29, 0.717) is 25.0 Å². The maximum atomic E-state index is 12.9. The first-order valence-electron chi connectivity index (χ1n) is 8.72. The molecule has 2 saturated heterocycles. The largest absolute Gasteiger partial charge is 0.353 e. The lowest BCUT2D eigenvalue weighted by molar-refractivity contribution is -0.148. The fraction of sp³-hybridized carbons (Fsp3) is 0.882. The van der Waals surface area contributed by atoms with Gasteiger partial charge in [-0.15, -0.1) is 0 Å². The Bertz CT molecular complexity index is 401. The zero-order valence-corrected chi connectivity index (χ0v) is 14.5. The van der Waals surface area contributed by atoms with E-state index in [4.69, 9.17) is 0 Å². The van der Waals surface area contributed by atoms with Gasteiger partial charge in [0, 0.05) is 25.0 Å². The van der Waals surface area contributed by atoms with E-state index in [0.717, 1.165) is 32.4 Å². The van der Waals surface area contributed by atoms with Gasteiger partial charge in [-0.05, 0) is 52.1 Å². The van der Waals surface area contributed by atoms with E-state index >= 15 is 0 Å². The highest BCUT2D eigenvalue weighted by atomic mass is 16.2. The first-order valence-corrected chi connectivity index (χ1v) is 8.72. The number of piperidine rings is 1. The van der Waals surface area contributed by atoms with Crippen molar-refractivity contribution in [3.8, 4) is 0 Å². The molecule has 2 heterocycles. The van der Waals surface area contributed by atoms with Crippen molar-refractivity contribution in [1.29, 1.82) is 0 Å². The third kappa shape index (κ3) is 4.00. The molecule has 2 aliphatic rings. The molecule has 0 aromatic carbocycles. The lowest BCUT2D eigenvalue weighted by Crippen LogP contribution is -2.59. The summed E-state index contributed by atoms with van der Waals surface area (Å²) in [5, 5.41) is 2.91. The highest BCUT2D eigenvalue weighted by Gasteiger charge is 2.37. The fourth-order valence-corrected chi connectivity index (χ4v) is 3.56. The third-order valence-corrected chi connectivity index (χ3v) is 4.92. The number of hydrogen-bond acceptors (Lipinski definition) is 3. The number of rotatable bonds is 4. The Morgan fingerprint density at radius 1 is 1.18 bits per heavy atom. The maximum absolute atomic E-state index is 12.9. The predicted octanol–water partition coefficient (Wildman–Crippen LogP) is 1.48. The van der Waals surface area contributed by atoms with Gasteiger partial charge in [-0.25, -0.2) is 0 Å². The monoisotopic (exact) mass is 309 g/mol. The van der Waals surface area contributed by atoms with Crippen LogP contribution in [-0.2, 0) is 9.59 Å². The van der Waals surface area contributed by atoms with Gasteiger partial charge in [0.15, 0.2) is 0 Å². The summed E-state index contributed by atoms with van der Waals surface area (Å²) in [4.78, 5) is 29.3. The Kier molecular flexibility index (Phi) is 5.84. The van der Waals surface area contributed by atoms with Crippen LogP contribution in [0.5, 0.6) is 0 Å². The van der Waals surface area contributed by atoms with Crippen LogP contribution in [0.1, 0.15) is 47.0 Å². The van der Waals surface area contributed by atoms with E-state index < -0.39 is 0 Å². The van der Waals surface area contributed by atoms with E-state index in [2.05, 4.69) is 37.9 Å². The molecular formula is C17H31N3O2. The second-order valence-electron chi connectivity index (χ2n) is 7.37. The smallest absolute Gasteiger partial charge is 0.242 e. The van der Waals surface area contributed by atoms with Crippen LogP contribution < -0.4 is 5.32 Å². The van der Waals surface area contributed by atoms with Crippen LogP contribution in [0.2, 0.25) is 0 Å². The summed E-state index contributed by atoms with van der Waals surface area (Å²) in [6.45, 7) is 11.8. The van der Waals surface area contributed by atoms with Gasteiger partial charge >= 0.3 is 0 Å². The molecule has 0 aromatic rings. The lowest BCUT2D eigenvalue weighted by Gasteiger charge is -2.40. The van der Waals surface area contributed by atoms with E-state index in [1.54, 1.807) is 0 Å². The summed E-state index contributed by atoms with van der Waals surface area (Å²) in [6.07, 6.45) is 2.59. The van der Waals surface area contributed by atoms with Crippen molar-refractivity contribution >= 4 is 11.8 Å². The summed E-state index contributed by atoms with van der Waals surface area (Å²) in [5.41, 5.74) is 0. The number of piperazine rings is 1. The standard InChI is InChI=1S/C17H31N3O2/c1-12(2)11-15-16(21)18-7-10-20(15)17(22)14-5-8-19(9-6-14)13(3)4/h12-15H,5-11H2,1-4H3,(H,18,21). The second-order valence-corrected chi connectivity index (χ2v) is 7.37. The molecule has 126 valence electrons. The maximum Gasteiger partial charge on any atom is 0.242 e. The summed E-state index contributed by atoms with van der Waals surface area (Å²) in [5.74, 6) is 0.722. The van der Waals surface area contributed by atoms with E-state index in [1.807, 2.05) is 4.90 Å². The fourth-order valence-electron chi connectivity index (χ4n) is 3.56. The minimum Gasteiger partial charge on any atom is -0.353 e. The highest BCUT2D eigenvalue weighted by Crippen LogP contribution is 2.24. The minimum absolute atomic E-state index is 0.0212. The predicted molar refractivity (Wildman–Crippen MR) is 87.4 cm³/mol. The van der Waals surface area contributed by atoms with E-state index in [9.17, 15) is 9.59 Å². The zero-order valence-electron chi connectivity index (χ0n) is 14.5. The van der Waals surface area contributed by atoms with Crippen molar-refractivity contribution < 1.29 is 9.59 Å². The lowest BCUT2D eigenvalue weighted by atomic mass is 9.92. The third-order valence-electron chi connectivity index (χ3n) is 4.92. The van der Waals surface area contributed by atoms with Gasteiger partial charge in [-0.2, -0.15) is 0 Å². The van der Waals surface area contributed by atoms with Crippen molar-refractivity contribution in [3.63, 3.8) is 0 Å². The molecule has 0 radical (unpaired) electrons. The molecule has 0 aliphatic carbocycles. The number of carbonyl (C=O) groups excluding carboxylic acids is 2. The van der Waals surface area contributed by atoms with Gasteiger partial charge in [-0.3, -0.25) is 9.59 Å². The van der Waals surface area contributed by atoms with Crippen molar-refractivity contribution in [2.75, 3.05) is 26.2 Å². The van der Waals surface area contributed by atoms with Crippen molar-refractivity contribution in [1.82, 2.24) is 15.1 Å².